The average Bonchev–Trinajstić information content (AvgIpc) is 3.45. The highest BCUT2D eigenvalue weighted by Gasteiger charge is 2.86. The van der Waals surface area contributed by atoms with E-state index in [4.69, 9.17) is 42.6 Å². The molecular formula is C43H64O14. The summed E-state index contributed by atoms with van der Waals surface area (Å²) >= 11 is 0. The van der Waals surface area contributed by atoms with Crippen molar-refractivity contribution in [3.8, 4) is 0 Å². The lowest BCUT2D eigenvalue weighted by molar-refractivity contribution is -0.336. The van der Waals surface area contributed by atoms with Gasteiger partial charge in [0, 0.05) is 37.7 Å². The van der Waals surface area contributed by atoms with E-state index < -0.39 is 79.8 Å². The van der Waals surface area contributed by atoms with E-state index in [1.807, 2.05) is 6.92 Å². The van der Waals surface area contributed by atoms with Crippen LogP contribution in [0.1, 0.15) is 119 Å². The van der Waals surface area contributed by atoms with Crippen molar-refractivity contribution in [2.45, 2.75) is 210 Å². The number of carbonyl (C=O) groups is 2. The Labute approximate surface area is 335 Å². The third kappa shape index (κ3) is 6.66. The first-order chi connectivity index (χ1) is 27.1. The van der Waals surface area contributed by atoms with Crippen LogP contribution >= 0.6 is 0 Å². The zero-order chi connectivity index (χ0) is 40.2. The molecule has 57 heavy (non-hydrogen) atoms. The molecule has 2 spiro atoms. The maximum atomic E-state index is 12.0. The van der Waals surface area contributed by atoms with Crippen molar-refractivity contribution in [3.05, 3.63) is 11.6 Å². The van der Waals surface area contributed by atoms with Gasteiger partial charge < -0.3 is 58.0 Å². The van der Waals surface area contributed by atoms with E-state index in [1.165, 1.54) is 12.5 Å². The van der Waals surface area contributed by atoms with Crippen LogP contribution in [0.4, 0.5) is 0 Å². The van der Waals surface area contributed by atoms with Gasteiger partial charge in [-0.3, -0.25) is 4.79 Å². The minimum atomic E-state index is -0.988. The van der Waals surface area contributed by atoms with Crippen LogP contribution in [0, 0.1) is 28.6 Å². The summed E-state index contributed by atoms with van der Waals surface area (Å²) in [5, 5.41) is 32.9. The molecule has 0 aromatic rings. The van der Waals surface area contributed by atoms with Gasteiger partial charge in [0.1, 0.15) is 42.2 Å². The monoisotopic (exact) mass is 804 g/mol. The molecule has 0 bridgehead atoms. The summed E-state index contributed by atoms with van der Waals surface area (Å²) in [4.78, 5) is 23.5. The summed E-state index contributed by atoms with van der Waals surface area (Å²) in [7, 11) is 0. The minimum Gasteiger partial charge on any atom is -0.459 e. The Morgan fingerprint density at radius 3 is 2.05 bits per heavy atom. The molecule has 14 nitrogen and oxygen atoms in total. The summed E-state index contributed by atoms with van der Waals surface area (Å²) in [6, 6.07) is 0. The topological polar surface area (TPSA) is 181 Å². The van der Waals surface area contributed by atoms with Crippen LogP contribution in [0.3, 0.4) is 0 Å². The van der Waals surface area contributed by atoms with Gasteiger partial charge in [-0.15, -0.1) is 0 Å². The molecule has 0 unspecified atom stereocenters. The van der Waals surface area contributed by atoms with Crippen molar-refractivity contribution in [3.63, 3.8) is 0 Å². The van der Waals surface area contributed by atoms with E-state index in [1.54, 1.807) is 19.9 Å². The van der Waals surface area contributed by atoms with Gasteiger partial charge >= 0.3 is 11.9 Å². The molecule has 8 fully saturated rings. The Kier molecular flexibility index (Phi) is 10.5. The fourth-order valence-corrected chi connectivity index (χ4v) is 13.7. The number of carbonyl (C=O) groups excluding carboxylic acids is 2. The Morgan fingerprint density at radius 2 is 1.42 bits per heavy atom. The second-order valence-electron chi connectivity index (χ2n) is 19.5. The standard InChI is InChI=1S/C43H64O14/c1-21-37(48)31(53-24(4)44)19-36(50-21)56-39-23(3)52-35(18-30(39)46)55-38-22(2)51-34(17-29(38)45)54-27-8-11-40(5)26(16-27)7-13-42-32(40)10-12-41(6)28(9-14-43(41,42)57-42)25-15-33(47)49-20-25/h15,21-23,26-32,34-39,45-46,48H,7-14,16-20H2,1-6H3/t21-,22-,23-,26-,27+,28-,29+,30+,31+,32-,34+,35+,36+,37-,38-,39-,40+,41-,42+,43-/m1/s1. The first-order valence-corrected chi connectivity index (χ1v) is 21.8. The normalized spacial score (nSPS) is 54.4. The number of hydrogen-bond donors (Lipinski definition) is 3. The highest BCUT2D eigenvalue weighted by atomic mass is 16.7. The minimum absolute atomic E-state index is 0.0377. The van der Waals surface area contributed by atoms with E-state index >= 15 is 0 Å². The van der Waals surface area contributed by atoms with E-state index in [0.29, 0.717) is 24.4 Å². The molecular weight excluding hydrogens is 740 g/mol. The number of aliphatic hydroxyl groups is 3. The molecule has 20 atom stereocenters. The van der Waals surface area contributed by atoms with Crippen molar-refractivity contribution >= 4 is 11.9 Å². The number of ether oxygens (including phenoxy) is 9. The molecule has 0 amide bonds. The summed E-state index contributed by atoms with van der Waals surface area (Å²) in [5.41, 5.74) is 1.22. The van der Waals surface area contributed by atoms with E-state index in [9.17, 15) is 24.9 Å². The second kappa shape index (κ2) is 14.7. The predicted octanol–water partition coefficient (Wildman–Crippen LogP) is 3.98. The number of aliphatic hydroxyl groups excluding tert-OH is 3. The van der Waals surface area contributed by atoms with Crippen LogP contribution in [0.15, 0.2) is 11.6 Å². The molecule has 320 valence electrons. The molecule has 9 rings (SSSR count). The van der Waals surface area contributed by atoms with Crippen LogP contribution < -0.4 is 0 Å². The lowest BCUT2D eigenvalue weighted by atomic mass is 9.44. The van der Waals surface area contributed by atoms with Gasteiger partial charge in [0.15, 0.2) is 18.9 Å². The van der Waals surface area contributed by atoms with Gasteiger partial charge in [-0.05, 0) is 107 Å². The molecule has 3 N–H and O–H groups in total. The van der Waals surface area contributed by atoms with Crippen molar-refractivity contribution in [1.29, 1.82) is 0 Å². The first kappa shape index (κ1) is 40.7. The van der Waals surface area contributed by atoms with Crippen LogP contribution in [0.25, 0.3) is 0 Å². The number of hydrogen-bond acceptors (Lipinski definition) is 14. The molecule has 0 radical (unpaired) electrons. The van der Waals surface area contributed by atoms with Crippen molar-refractivity contribution in [2.75, 3.05) is 6.61 Å². The molecule has 4 saturated heterocycles. The molecule has 5 aliphatic heterocycles. The smallest absolute Gasteiger partial charge is 0.331 e. The summed E-state index contributed by atoms with van der Waals surface area (Å²) in [5.74, 6) is 0.684. The van der Waals surface area contributed by atoms with Crippen LogP contribution in [0.5, 0.6) is 0 Å². The van der Waals surface area contributed by atoms with Crippen LogP contribution in [-0.4, -0.2) is 125 Å². The molecule has 4 saturated carbocycles. The van der Waals surface area contributed by atoms with Crippen molar-refractivity contribution in [2.24, 2.45) is 28.6 Å². The third-order valence-electron chi connectivity index (χ3n) is 16.5. The van der Waals surface area contributed by atoms with Gasteiger partial charge in [-0.25, -0.2) is 4.79 Å². The molecule has 9 aliphatic rings. The second-order valence-corrected chi connectivity index (χ2v) is 19.5. The first-order valence-electron chi connectivity index (χ1n) is 21.8. The maximum Gasteiger partial charge on any atom is 0.331 e. The number of cyclic esters (lactones) is 1. The van der Waals surface area contributed by atoms with Crippen LogP contribution in [0.2, 0.25) is 0 Å². The quantitative estimate of drug-likeness (QED) is 0.182. The number of fused-ring (bicyclic) bond motifs is 2. The lowest BCUT2D eigenvalue weighted by Gasteiger charge is -2.58. The highest BCUT2D eigenvalue weighted by molar-refractivity contribution is 5.85. The van der Waals surface area contributed by atoms with Gasteiger partial charge in [0.05, 0.1) is 36.6 Å². The fourth-order valence-electron chi connectivity index (χ4n) is 13.7. The zero-order valence-corrected chi connectivity index (χ0v) is 34.3. The van der Waals surface area contributed by atoms with E-state index in [0.717, 1.165) is 57.8 Å². The van der Waals surface area contributed by atoms with Crippen LogP contribution in [-0.2, 0) is 52.2 Å². The number of epoxide rings is 1. The van der Waals surface area contributed by atoms with Crippen molar-refractivity contribution < 1.29 is 67.5 Å². The number of rotatable bonds is 8. The van der Waals surface area contributed by atoms with Gasteiger partial charge in [0.2, 0.25) is 0 Å². The van der Waals surface area contributed by atoms with E-state index in [-0.39, 0.29) is 53.4 Å². The zero-order valence-electron chi connectivity index (χ0n) is 34.3. The predicted molar refractivity (Wildman–Crippen MR) is 199 cm³/mol. The maximum absolute atomic E-state index is 12.0. The van der Waals surface area contributed by atoms with Crippen molar-refractivity contribution in [1.82, 2.24) is 0 Å². The molecule has 0 aromatic carbocycles. The molecule has 5 heterocycles. The molecule has 0 aromatic heterocycles. The third-order valence-corrected chi connectivity index (χ3v) is 16.5. The Hall–Kier alpha value is -1.72. The summed E-state index contributed by atoms with van der Waals surface area (Å²) in [6.45, 7) is 12.0. The number of esters is 2. The SMILES string of the molecule is CC(=O)O[C@H]1C[C@H](O[C@H]2[C@@H](O)C[C@H](O[C@H]3[C@@H](O)C[C@H](O[C@H]4CC[C@@]5(C)[C@H](CC[C@@]67O[C@@]68CC[C@H](C6=CC(=O)OC6)[C@@]8(C)CC[C@H]57)C4)O[C@@H]3C)O[C@@H]2C)O[C@H](C)[C@H]1O. The van der Waals surface area contributed by atoms with E-state index in [2.05, 4.69) is 13.8 Å². The largest absolute Gasteiger partial charge is 0.459 e. The summed E-state index contributed by atoms with van der Waals surface area (Å²) in [6.07, 6.45) is 2.96. The molecule has 14 heteroatoms. The highest BCUT2D eigenvalue weighted by Crippen LogP contribution is 2.81. The Balaban J connectivity index is 0.762. The molecule has 4 aliphatic carbocycles. The fraction of sp³-hybridized carbons (Fsp3) is 0.907. The Morgan fingerprint density at radius 1 is 0.772 bits per heavy atom. The van der Waals surface area contributed by atoms with Gasteiger partial charge in [-0.2, -0.15) is 0 Å². The van der Waals surface area contributed by atoms with Gasteiger partial charge in [0.25, 0.3) is 0 Å². The van der Waals surface area contributed by atoms with Gasteiger partial charge in [-0.1, -0.05) is 13.8 Å². The Bertz CT molecular complexity index is 1570. The lowest BCUT2D eigenvalue weighted by Crippen LogP contribution is -2.59. The summed E-state index contributed by atoms with van der Waals surface area (Å²) < 4.78 is 55.1. The average molecular weight is 805 g/mol.